The van der Waals surface area contributed by atoms with Crippen molar-refractivity contribution in [3.8, 4) is 5.69 Å². The summed E-state index contributed by atoms with van der Waals surface area (Å²) in [4.78, 5) is 9.68. The van der Waals surface area contributed by atoms with Gasteiger partial charge in [-0.3, -0.25) is 4.68 Å². The Bertz CT molecular complexity index is 1280. The topological polar surface area (TPSA) is 97.5 Å². The van der Waals surface area contributed by atoms with Crippen molar-refractivity contribution < 1.29 is 0 Å². The average Bonchev–Trinajstić information content (AvgIpc) is 3.49. The summed E-state index contributed by atoms with van der Waals surface area (Å²) in [5, 5.41) is 15.8. The zero-order chi connectivity index (χ0) is 22.9. The molecule has 0 atom stereocenters. The molecule has 1 aliphatic rings. The molecule has 0 aromatic carbocycles. The highest BCUT2D eigenvalue weighted by Crippen LogP contribution is 2.31. The Morgan fingerprint density at radius 3 is 2.64 bits per heavy atom. The number of hydrogen-bond acceptors (Lipinski definition) is 8. The molecule has 4 heterocycles. The molecule has 0 spiro atoms. The number of allylic oxidation sites excluding steroid dienone is 1. The van der Waals surface area contributed by atoms with E-state index in [4.69, 9.17) is 9.97 Å². The minimum absolute atomic E-state index is 0.349. The van der Waals surface area contributed by atoms with E-state index >= 15 is 0 Å². The summed E-state index contributed by atoms with van der Waals surface area (Å²) in [6.45, 7) is 7.99. The summed E-state index contributed by atoms with van der Waals surface area (Å²) in [7, 11) is 1.92. The van der Waals surface area contributed by atoms with Crippen LogP contribution in [0.1, 0.15) is 38.3 Å². The maximum Gasteiger partial charge on any atom is 0.230 e. The molecule has 33 heavy (non-hydrogen) atoms. The highest BCUT2D eigenvalue weighted by atomic mass is 32.1. The zero-order valence-electron chi connectivity index (χ0n) is 19.2. The molecule has 4 aromatic heterocycles. The Morgan fingerprint density at radius 1 is 1.18 bits per heavy atom. The molecule has 5 rings (SSSR count). The lowest BCUT2D eigenvalue weighted by molar-refractivity contribution is 0.373. The quantitative estimate of drug-likeness (QED) is 0.371. The molecule has 0 aliphatic heterocycles. The van der Waals surface area contributed by atoms with Crippen LogP contribution in [0, 0.1) is 6.92 Å². The zero-order valence-corrected chi connectivity index (χ0v) is 20.0. The van der Waals surface area contributed by atoms with E-state index in [9.17, 15) is 0 Å². The first-order valence-electron chi connectivity index (χ1n) is 11.2. The van der Waals surface area contributed by atoms with E-state index in [0.717, 1.165) is 64.6 Å². The lowest BCUT2D eigenvalue weighted by Gasteiger charge is -2.30. The third-order valence-electron chi connectivity index (χ3n) is 5.88. The van der Waals surface area contributed by atoms with Gasteiger partial charge in [-0.05, 0) is 63.2 Å². The molecular formula is C23H29N9S. The maximum atomic E-state index is 4.90. The molecule has 0 saturated heterocycles. The Morgan fingerprint density at radius 2 is 1.97 bits per heavy atom. The predicted molar refractivity (Wildman–Crippen MR) is 133 cm³/mol. The number of aryl methyl sites for hydroxylation is 2. The molecule has 4 aromatic rings. The summed E-state index contributed by atoms with van der Waals surface area (Å²) < 4.78 is 8.24. The van der Waals surface area contributed by atoms with Crippen molar-refractivity contribution in [2.24, 2.45) is 7.05 Å². The molecule has 1 fully saturated rings. The van der Waals surface area contributed by atoms with Gasteiger partial charge in [-0.1, -0.05) is 6.58 Å². The van der Waals surface area contributed by atoms with E-state index in [0.29, 0.717) is 18.0 Å². The summed E-state index contributed by atoms with van der Waals surface area (Å²) >= 11 is 1.41. The number of anilines is 3. The van der Waals surface area contributed by atoms with Crippen molar-refractivity contribution >= 4 is 39.3 Å². The standard InChI is InChI=1S/C23H29N9S/c1-14(2)25-16-5-7-17(8-6-16)26-22-21-19(9-10-32(21)18-12-24-31(4)13-18)27-23(29-22)28-20-11-15(3)30-33-20/h9-13,16-17,25H,1,5-8H2,2-4H3,(H2,26,27,28,29). The van der Waals surface area contributed by atoms with E-state index in [1.165, 1.54) is 11.5 Å². The minimum Gasteiger partial charge on any atom is -0.386 e. The highest BCUT2D eigenvalue weighted by Gasteiger charge is 2.23. The smallest absolute Gasteiger partial charge is 0.230 e. The molecule has 0 unspecified atom stereocenters. The van der Waals surface area contributed by atoms with Crippen LogP contribution < -0.4 is 16.0 Å². The molecule has 172 valence electrons. The molecule has 10 heteroatoms. The van der Waals surface area contributed by atoms with Crippen LogP contribution in [0.15, 0.2) is 43.0 Å². The van der Waals surface area contributed by atoms with Gasteiger partial charge < -0.3 is 20.5 Å². The first kappa shape index (κ1) is 21.4. The first-order chi connectivity index (χ1) is 15.9. The van der Waals surface area contributed by atoms with Gasteiger partial charge in [0.05, 0.1) is 23.1 Å². The molecule has 1 aliphatic carbocycles. The summed E-state index contributed by atoms with van der Waals surface area (Å²) in [6.07, 6.45) is 10.2. The number of nitrogens with zero attached hydrogens (tertiary/aromatic N) is 6. The summed E-state index contributed by atoms with van der Waals surface area (Å²) in [5.41, 5.74) is 4.82. The normalized spacial score (nSPS) is 18.4. The van der Waals surface area contributed by atoms with Crippen molar-refractivity contribution in [2.45, 2.75) is 51.6 Å². The Balaban J connectivity index is 1.47. The van der Waals surface area contributed by atoms with Gasteiger partial charge in [-0.15, -0.1) is 0 Å². The van der Waals surface area contributed by atoms with Gasteiger partial charge in [-0.2, -0.15) is 14.5 Å². The van der Waals surface area contributed by atoms with Gasteiger partial charge in [-0.25, -0.2) is 4.98 Å². The minimum atomic E-state index is 0.349. The van der Waals surface area contributed by atoms with E-state index in [1.807, 2.05) is 51.6 Å². The highest BCUT2D eigenvalue weighted by molar-refractivity contribution is 7.10. The second-order valence-electron chi connectivity index (χ2n) is 8.76. The van der Waals surface area contributed by atoms with Crippen LogP contribution in [0.4, 0.5) is 16.8 Å². The lowest BCUT2D eigenvalue weighted by Crippen LogP contribution is -2.36. The summed E-state index contributed by atoms with van der Waals surface area (Å²) in [6, 6.07) is 4.87. The van der Waals surface area contributed by atoms with Crippen LogP contribution in [-0.4, -0.2) is 40.8 Å². The molecule has 9 nitrogen and oxygen atoms in total. The van der Waals surface area contributed by atoms with Gasteiger partial charge in [0, 0.05) is 37.2 Å². The van der Waals surface area contributed by atoms with Crippen molar-refractivity contribution in [2.75, 3.05) is 10.6 Å². The lowest BCUT2D eigenvalue weighted by atomic mass is 9.91. The SMILES string of the molecule is C=C(C)NC1CCC(Nc2nc(Nc3cc(C)ns3)nc3ccn(-c4cnn(C)c4)c23)CC1. The van der Waals surface area contributed by atoms with Gasteiger partial charge in [0.25, 0.3) is 0 Å². The van der Waals surface area contributed by atoms with E-state index in [2.05, 4.69) is 36.6 Å². The van der Waals surface area contributed by atoms with Crippen LogP contribution in [0.25, 0.3) is 16.7 Å². The number of rotatable bonds is 7. The molecule has 3 N–H and O–H groups in total. The third-order valence-corrected chi connectivity index (χ3v) is 6.68. The second kappa shape index (κ2) is 8.86. The summed E-state index contributed by atoms with van der Waals surface area (Å²) in [5.74, 6) is 1.39. The first-order valence-corrected chi connectivity index (χ1v) is 12.0. The average molecular weight is 464 g/mol. The fourth-order valence-corrected chi connectivity index (χ4v) is 5.06. The third kappa shape index (κ3) is 4.70. The Labute approximate surface area is 197 Å². The maximum absolute atomic E-state index is 4.90. The number of nitrogens with one attached hydrogen (secondary N) is 3. The number of hydrogen-bond donors (Lipinski definition) is 3. The van der Waals surface area contributed by atoms with Gasteiger partial charge in [0.1, 0.15) is 10.5 Å². The van der Waals surface area contributed by atoms with Crippen LogP contribution in [0.2, 0.25) is 0 Å². The monoisotopic (exact) mass is 463 g/mol. The van der Waals surface area contributed by atoms with Crippen molar-refractivity contribution in [3.63, 3.8) is 0 Å². The van der Waals surface area contributed by atoms with Gasteiger partial charge >= 0.3 is 0 Å². The van der Waals surface area contributed by atoms with Crippen LogP contribution in [-0.2, 0) is 7.05 Å². The second-order valence-corrected chi connectivity index (χ2v) is 9.57. The van der Waals surface area contributed by atoms with Crippen LogP contribution >= 0.6 is 11.5 Å². The van der Waals surface area contributed by atoms with Crippen molar-refractivity contribution in [3.05, 3.63) is 48.7 Å². The predicted octanol–water partition coefficient (Wildman–Crippen LogP) is 4.51. The van der Waals surface area contributed by atoms with E-state index in [-0.39, 0.29) is 0 Å². The fraction of sp³-hybridized carbons (Fsp3) is 0.391. The van der Waals surface area contributed by atoms with Crippen LogP contribution in [0.5, 0.6) is 0 Å². The number of aromatic nitrogens is 6. The Kier molecular flexibility index (Phi) is 5.76. The van der Waals surface area contributed by atoms with Crippen molar-refractivity contribution in [1.29, 1.82) is 0 Å². The Hall–Kier alpha value is -3.40. The molecule has 0 amide bonds. The van der Waals surface area contributed by atoms with Gasteiger partial charge in [0.15, 0.2) is 5.82 Å². The molecular weight excluding hydrogens is 434 g/mol. The fourth-order valence-electron chi connectivity index (χ4n) is 4.41. The molecule has 1 saturated carbocycles. The molecule has 0 bridgehead atoms. The van der Waals surface area contributed by atoms with Crippen LogP contribution in [0.3, 0.4) is 0 Å². The van der Waals surface area contributed by atoms with Crippen molar-refractivity contribution in [1.82, 2.24) is 34.0 Å². The molecule has 0 radical (unpaired) electrons. The largest absolute Gasteiger partial charge is 0.386 e. The van der Waals surface area contributed by atoms with Gasteiger partial charge in [0.2, 0.25) is 5.95 Å². The number of fused-ring (bicyclic) bond motifs is 1. The van der Waals surface area contributed by atoms with E-state index < -0.39 is 0 Å². The van der Waals surface area contributed by atoms with E-state index in [1.54, 1.807) is 4.68 Å².